The largest absolute Gasteiger partial charge is 0.356 e. The maximum atomic E-state index is 11.0. The van der Waals surface area contributed by atoms with Crippen molar-refractivity contribution in [2.75, 3.05) is 32.0 Å². The first-order chi connectivity index (χ1) is 12.0. The smallest absolute Gasteiger partial charge is 0.221 e. The molecule has 1 fully saturated rings. The normalized spacial score (nSPS) is 17.2. The quantitative estimate of drug-likeness (QED) is 0.377. The Morgan fingerprint density at radius 3 is 2.58 bits per heavy atom. The zero-order valence-electron chi connectivity index (χ0n) is 16.4. The van der Waals surface area contributed by atoms with E-state index < -0.39 is 0 Å². The molecule has 0 radical (unpaired) electrons. The Kier molecular flexibility index (Phi) is 9.98. The maximum Gasteiger partial charge on any atom is 0.221 e. The summed E-state index contributed by atoms with van der Waals surface area (Å²) >= 11 is 0. The highest BCUT2D eigenvalue weighted by Gasteiger charge is 2.25. The number of hydrogen-bond acceptors (Lipinski definition) is 2. The van der Waals surface area contributed by atoms with Gasteiger partial charge in [-0.25, -0.2) is 0 Å². The van der Waals surface area contributed by atoms with Crippen molar-refractivity contribution in [2.24, 2.45) is 16.8 Å². The van der Waals surface area contributed by atoms with Gasteiger partial charge in [-0.05, 0) is 48.8 Å². The van der Waals surface area contributed by atoms with Gasteiger partial charge in [-0.3, -0.25) is 9.79 Å². The Bertz CT molecular complexity index is 586. The molecule has 5 nitrogen and oxygen atoms in total. The topological polar surface area (TPSA) is 56.7 Å². The molecule has 2 N–H and O–H groups in total. The second-order valence-corrected chi connectivity index (χ2v) is 7.33. The number of benzene rings is 1. The van der Waals surface area contributed by atoms with Crippen molar-refractivity contribution >= 4 is 41.5 Å². The molecule has 1 aromatic rings. The van der Waals surface area contributed by atoms with Gasteiger partial charge in [0, 0.05) is 39.3 Å². The molecule has 1 atom stereocenters. The van der Waals surface area contributed by atoms with Crippen LogP contribution >= 0.6 is 24.0 Å². The van der Waals surface area contributed by atoms with Crippen molar-refractivity contribution in [2.45, 2.75) is 40.0 Å². The van der Waals surface area contributed by atoms with E-state index >= 15 is 0 Å². The number of hydrogen-bond donors (Lipinski definition) is 2. The first-order valence-electron chi connectivity index (χ1n) is 9.30. The summed E-state index contributed by atoms with van der Waals surface area (Å²) in [6, 6.07) is 8.01. The Labute approximate surface area is 175 Å². The van der Waals surface area contributed by atoms with E-state index in [2.05, 4.69) is 46.5 Å². The van der Waals surface area contributed by atoms with Crippen LogP contribution in [0.1, 0.15) is 39.2 Å². The van der Waals surface area contributed by atoms with E-state index in [1.165, 1.54) is 25.3 Å². The van der Waals surface area contributed by atoms with E-state index in [4.69, 9.17) is 0 Å². The van der Waals surface area contributed by atoms with Crippen molar-refractivity contribution in [1.82, 2.24) is 10.2 Å². The summed E-state index contributed by atoms with van der Waals surface area (Å²) in [6.07, 6.45) is 3.50. The van der Waals surface area contributed by atoms with Crippen molar-refractivity contribution in [1.29, 1.82) is 0 Å². The highest BCUT2D eigenvalue weighted by atomic mass is 127. The SMILES string of the molecule is CN=C(NCCc1ccc(NC(C)=O)cc1)N1CCC(CC(C)C)C1.I. The molecule has 6 heteroatoms. The number of halogens is 1. The van der Waals surface area contributed by atoms with Gasteiger partial charge in [0.25, 0.3) is 0 Å². The lowest BCUT2D eigenvalue weighted by Gasteiger charge is -2.22. The monoisotopic (exact) mass is 472 g/mol. The van der Waals surface area contributed by atoms with Gasteiger partial charge in [-0.2, -0.15) is 0 Å². The summed E-state index contributed by atoms with van der Waals surface area (Å²) in [5.74, 6) is 2.53. The van der Waals surface area contributed by atoms with Crippen LogP contribution < -0.4 is 10.6 Å². The van der Waals surface area contributed by atoms with Crippen molar-refractivity contribution in [3.05, 3.63) is 29.8 Å². The molecule has 0 aliphatic carbocycles. The first kappa shape index (κ1) is 22.7. The number of carbonyl (C=O) groups excluding carboxylic acids is 1. The van der Waals surface area contributed by atoms with Gasteiger partial charge in [-0.1, -0.05) is 26.0 Å². The van der Waals surface area contributed by atoms with Gasteiger partial charge in [0.2, 0.25) is 5.91 Å². The van der Waals surface area contributed by atoms with Crippen LogP contribution in [0.4, 0.5) is 5.69 Å². The number of rotatable bonds is 6. The number of carbonyl (C=O) groups is 1. The van der Waals surface area contributed by atoms with Crippen LogP contribution in [0.25, 0.3) is 0 Å². The van der Waals surface area contributed by atoms with Crippen molar-refractivity contribution in [3.63, 3.8) is 0 Å². The van der Waals surface area contributed by atoms with E-state index in [1.54, 1.807) is 0 Å². The van der Waals surface area contributed by atoms with Crippen LogP contribution in [0.5, 0.6) is 0 Å². The minimum atomic E-state index is -0.0420. The molecule has 1 unspecified atom stereocenters. The van der Waals surface area contributed by atoms with Crippen LogP contribution in [0, 0.1) is 11.8 Å². The second-order valence-electron chi connectivity index (χ2n) is 7.33. The van der Waals surface area contributed by atoms with Crippen LogP contribution in [0.3, 0.4) is 0 Å². The molecular weight excluding hydrogens is 439 g/mol. The molecule has 1 aliphatic heterocycles. The average Bonchev–Trinajstić information content (AvgIpc) is 3.00. The molecule has 1 amide bonds. The van der Waals surface area contributed by atoms with Crippen LogP contribution in [0.2, 0.25) is 0 Å². The predicted octanol–water partition coefficient (Wildman–Crippen LogP) is 3.75. The first-order valence-corrected chi connectivity index (χ1v) is 9.30. The Morgan fingerprint density at radius 1 is 1.31 bits per heavy atom. The third-order valence-corrected chi connectivity index (χ3v) is 4.57. The summed E-state index contributed by atoms with van der Waals surface area (Å²) in [5.41, 5.74) is 2.09. The number of nitrogens with one attached hydrogen (secondary N) is 2. The fourth-order valence-electron chi connectivity index (χ4n) is 3.49. The standard InChI is InChI=1S/C20H32N4O.HI/c1-15(2)13-18-10-12-24(14-18)20(21-4)22-11-9-17-5-7-19(8-6-17)23-16(3)25;/h5-8,15,18H,9-14H2,1-4H3,(H,21,22)(H,23,25);1H. The van der Waals surface area contributed by atoms with Crippen LogP contribution in [-0.2, 0) is 11.2 Å². The van der Waals surface area contributed by atoms with Crippen LogP contribution in [-0.4, -0.2) is 43.4 Å². The van der Waals surface area contributed by atoms with E-state index in [0.29, 0.717) is 0 Å². The summed E-state index contributed by atoms with van der Waals surface area (Å²) in [7, 11) is 1.86. The molecule has 1 aliphatic rings. The summed E-state index contributed by atoms with van der Waals surface area (Å²) in [5, 5.41) is 6.28. The average molecular weight is 472 g/mol. The van der Waals surface area contributed by atoms with E-state index in [1.807, 2.05) is 19.2 Å². The van der Waals surface area contributed by atoms with Crippen molar-refractivity contribution < 1.29 is 4.79 Å². The third kappa shape index (κ3) is 7.51. The zero-order chi connectivity index (χ0) is 18.2. The molecule has 146 valence electrons. The molecule has 0 saturated carbocycles. The maximum absolute atomic E-state index is 11.0. The highest BCUT2D eigenvalue weighted by Crippen LogP contribution is 2.23. The lowest BCUT2D eigenvalue weighted by atomic mass is 9.97. The molecule has 1 heterocycles. The fraction of sp³-hybridized carbons (Fsp3) is 0.600. The fourth-order valence-corrected chi connectivity index (χ4v) is 3.49. The van der Waals surface area contributed by atoms with E-state index in [0.717, 1.165) is 49.5 Å². The second kappa shape index (κ2) is 11.4. The molecule has 0 spiro atoms. The van der Waals surface area contributed by atoms with Gasteiger partial charge >= 0.3 is 0 Å². The van der Waals surface area contributed by atoms with Crippen LogP contribution in [0.15, 0.2) is 29.3 Å². The molecule has 1 saturated heterocycles. The zero-order valence-corrected chi connectivity index (χ0v) is 18.7. The van der Waals surface area contributed by atoms with Gasteiger partial charge in [0.1, 0.15) is 0 Å². The number of guanidine groups is 1. The van der Waals surface area contributed by atoms with Gasteiger partial charge < -0.3 is 15.5 Å². The summed E-state index contributed by atoms with van der Waals surface area (Å²) in [6.45, 7) is 9.19. The highest BCUT2D eigenvalue weighted by molar-refractivity contribution is 14.0. The Balaban J connectivity index is 0.00000338. The minimum Gasteiger partial charge on any atom is -0.356 e. The Morgan fingerprint density at radius 2 is 2.00 bits per heavy atom. The van der Waals surface area contributed by atoms with Crippen molar-refractivity contribution in [3.8, 4) is 0 Å². The molecule has 2 rings (SSSR count). The molecule has 0 bridgehead atoms. The van der Waals surface area contributed by atoms with Gasteiger partial charge in [0.05, 0.1) is 0 Å². The van der Waals surface area contributed by atoms with E-state index in [9.17, 15) is 4.79 Å². The number of anilines is 1. The molecular formula is C20H33IN4O. The van der Waals surface area contributed by atoms with E-state index in [-0.39, 0.29) is 29.9 Å². The summed E-state index contributed by atoms with van der Waals surface area (Å²) < 4.78 is 0. The molecule has 1 aromatic carbocycles. The number of nitrogens with zero attached hydrogens (tertiary/aromatic N) is 2. The molecule has 0 aromatic heterocycles. The minimum absolute atomic E-state index is 0. The van der Waals surface area contributed by atoms with Gasteiger partial charge in [-0.15, -0.1) is 24.0 Å². The number of likely N-dealkylation sites (tertiary alicyclic amines) is 1. The third-order valence-electron chi connectivity index (χ3n) is 4.57. The Hall–Kier alpha value is -1.31. The number of aliphatic imine (C=N–C) groups is 1. The lowest BCUT2D eigenvalue weighted by molar-refractivity contribution is -0.114. The predicted molar refractivity (Wildman–Crippen MR) is 120 cm³/mol. The van der Waals surface area contributed by atoms with Gasteiger partial charge in [0.15, 0.2) is 5.96 Å². The summed E-state index contributed by atoms with van der Waals surface area (Å²) in [4.78, 5) is 17.9. The molecule has 26 heavy (non-hydrogen) atoms. The lowest BCUT2D eigenvalue weighted by Crippen LogP contribution is -2.40. The number of amides is 1.